The Balaban J connectivity index is 2.25. The fraction of sp³-hybridized carbons (Fsp3) is 0.364. The van der Waals surface area contributed by atoms with Crippen LogP contribution in [0.2, 0.25) is 0 Å². The number of hydrogen-bond donors (Lipinski definition) is 2. The number of aromatic nitrogens is 3. The molecular formula is C11H14N4O2. The summed E-state index contributed by atoms with van der Waals surface area (Å²) in [6, 6.07) is -0.228. The minimum Gasteiger partial charge on any atom is -0.394 e. The molecular weight excluding hydrogens is 220 g/mol. The van der Waals surface area contributed by atoms with E-state index in [1.165, 1.54) is 6.20 Å². The van der Waals surface area contributed by atoms with Crippen molar-refractivity contribution in [2.75, 3.05) is 6.61 Å². The Bertz CT molecular complexity index is 519. The molecule has 90 valence electrons. The fourth-order valence-corrected chi connectivity index (χ4v) is 1.55. The number of fused-ring (bicyclic) bond motifs is 1. The maximum absolute atomic E-state index is 11.9. The predicted molar refractivity (Wildman–Crippen MR) is 61.6 cm³/mol. The van der Waals surface area contributed by atoms with Crippen molar-refractivity contribution in [3.05, 3.63) is 30.4 Å². The number of carbonyl (C=O) groups excluding carboxylic acids is 1. The summed E-state index contributed by atoms with van der Waals surface area (Å²) in [5.74, 6) is -0.242. The average Bonchev–Trinajstić information content (AvgIpc) is 2.79. The van der Waals surface area contributed by atoms with E-state index in [1.807, 2.05) is 6.92 Å². The smallest absolute Gasteiger partial charge is 0.255 e. The number of nitrogens with one attached hydrogen (secondary N) is 1. The van der Waals surface area contributed by atoms with Crippen molar-refractivity contribution >= 4 is 11.4 Å². The van der Waals surface area contributed by atoms with Crippen LogP contribution >= 0.6 is 0 Å². The van der Waals surface area contributed by atoms with Gasteiger partial charge in [-0.3, -0.25) is 9.78 Å². The Labute approximate surface area is 98.3 Å². The van der Waals surface area contributed by atoms with Gasteiger partial charge in [0.1, 0.15) is 0 Å². The van der Waals surface area contributed by atoms with E-state index in [9.17, 15) is 4.79 Å². The Hall–Kier alpha value is -1.95. The molecule has 0 radical (unpaired) electrons. The molecule has 2 rings (SSSR count). The van der Waals surface area contributed by atoms with Crippen molar-refractivity contribution < 1.29 is 9.90 Å². The molecule has 0 aliphatic carbocycles. The number of carbonyl (C=O) groups is 1. The highest BCUT2D eigenvalue weighted by atomic mass is 16.3. The molecule has 2 N–H and O–H groups in total. The van der Waals surface area contributed by atoms with E-state index >= 15 is 0 Å². The van der Waals surface area contributed by atoms with E-state index < -0.39 is 0 Å². The molecule has 0 aromatic carbocycles. The van der Waals surface area contributed by atoms with E-state index in [0.717, 1.165) is 0 Å². The van der Waals surface area contributed by atoms with Crippen LogP contribution in [0.15, 0.2) is 24.8 Å². The predicted octanol–water partition coefficient (Wildman–Crippen LogP) is 0.230. The molecule has 6 nitrogen and oxygen atoms in total. The highest BCUT2D eigenvalue weighted by Gasteiger charge is 2.15. The lowest BCUT2D eigenvalue weighted by molar-refractivity contribution is 0.0916. The zero-order valence-electron chi connectivity index (χ0n) is 9.50. The second kappa shape index (κ2) is 4.92. The van der Waals surface area contributed by atoms with Crippen molar-refractivity contribution in [2.45, 2.75) is 19.4 Å². The summed E-state index contributed by atoms with van der Waals surface area (Å²) < 4.78 is 1.59. The minimum absolute atomic E-state index is 0.0697. The highest BCUT2D eigenvalue weighted by molar-refractivity contribution is 6.00. The highest BCUT2D eigenvalue weighted by Crippen LogP contribution is 2.08. The van der Waals surface area contributed by atoms with Gasteiger partial charge in [-0.2, -0.15) is 5.10 Å². The van der Waals surface area contributed by atoms with Crippen molar-refractivity contribution in [3.8, 4) is 0 Å². The number of amides is 1. The molecule has 1 atom stereocenters. The van der Waals surface area contributed by atoms with Gasteiger partial charge in [0.2, 0.25) is 0 Å². The van der Waals surface area contributed by atoms with Gasteiger partial charge in [0.15, 0.2) is 0 Å². The largest absolute Gasteiger partial charge is 0.394 e. The van der Waals surface area contributed by atoms with Crippen LogP contribution in [0.25, 0.3) is 5.52 Å². The second-order valence-electron chi connectivity index (χ2n) is 3.73. The number of aliphatic hydroxyl groups is 1. The lowest BCUT2D eigenvalue weighted by Gasteiger charge is -2.13. The molecule has 0 unspecified atom stereocenters. The third-order valence-corrected chi connectivity index (χ3v) is 2.62. The van der Waals surface area contributed by atoms with Gasteiger partial charge >= 0.3 is 0 Å². The van der Waals surface area contributed by atoms with Gasteiger partial charge in [-0.05, 0) is 6.42 Å². The van der Waals surface area contributed by atoms with Crippen LogP contribution in [0.4, 0.5) is 0 Å². The van der Waals surface area contributed by atoms with E-state index in [4.69, 9.17) is 5.11 Å². The molecule has 6 heteroatoms. The summed E-state index contributed by atoms with van der Waals surface area (Å²) in [5, 5.41) is 15.8. The SMILES string of the molecule is CC[C@H](CO)NC(=O)c1cnn2ccncc12. The summed E-state index contributed by atoms with van der Waals surface area (Å²) in [6.45, 7) is 1.83. The molecule has 2 aromatic rings. The van der Waals surface area contributed by atoms with E-state index in [-0.39, 0.29) is 18.6 Å². The summed E-state index contributed by atoms with van der Waals surface area (Å²) in [6.07, 6.45) is 7.04. The van der Waals surface area contributed by atoms with Gasteiger partial charge in [-0.15, -0.1) is 0 Å². The van der Waals surface area contributed by atoms with Crippen molar-refractivity contribution in [1.82, 2.24) is 19.9 Å². The third-order valence-electron chi connectivity index (χ3n) is 2.62. The number of nitrogens with zero attached hydrogens (tertiary/aromatic N) is 3. The molecule has 0 fully saturated rings. The first-order valence-corrected chi connectivity index (χ1v) is 5.45. The summed E-state index contributed by atoms with van der Waals surface area (Å²) >= 11 is 0. The van der Waals surface area contributed by atoms with E-state index in [1.54, 1.807) is 23.1 Å². The van der Waals surface area contributed by atoms with Crippen LogP contribution in [0.3, 0.4) is 0 Å². The summed E-state index contributed by atoms with van der Waals surface area (Å²) in [7, 11) is 0. The molecule has 0 saturated heterocycles. The lowest BCUT2D eigenvalue weighted by atomic mass is 10.2. The molecule has 2 heterocycles. The Morgan fingerprint density at radius 1 is 1.59 bits per heavy atom. The topological polar surface area (TPSA) is 79.5 Å². The summed E-state index contributed by atoms with van der Waals surface area (Å²) in [4.78, 5) is 15.9. The van der Waals surface area contributed by atoms with Gasteiger partial charge in [-0.1, -0.05) is 6.92 Å². The lowest BCUT2D eigenvalue weighted by Crippen LogP contribution is -2.36. The van der Waals surface area contributed by atoms with Gasteiger partial charge < -0.3 is 10.4 Å². The number of aliphatic hydroxyl groups excluding tert-OH is 1. The van der Waals surface area contributed by atoms with Crippen LogP contribution in [0.5, 0.6) is 0 Å². The molecule has 0 bridgehead atoms. The molecule has 17 heavy (non-hydrogen) atoms. The number of hydrogen-bond acceptors (Lipinski definition) is 4. The summed E-state index contributed by atoms with van der Waals surface area (Å²) in [5.41, 5.74) is 1.11. The van der Waals surface area contributed by atoms with Crippen molar-refractivity contribution in [2.24, 2.45) is 0 Å². The van der Waals surface area contributed by atoms with Crippen LogP contribution in [0, 0.1) is 0 Å². The minimum atomic E-state index is -0.242. The van der Waals surface area contributed by atoms with Gasteiger partial charge in [0.25, 0.3) is 5.91 Å². The van der Waals surface area contributed by atoms with Crippen LogP contribution in [-0.2, 0) is 0 Å². The van der Waals surface area contributed by atoms with Crippen molar-refractivity contribution in [1.29, 1.82) is 0 Å². The molecule has 2 aromatic heterocycles. The maximum Gasteiger partial charge on any atom is 0.255 e. The first kappa shape index (κ1) is 11.5. The van der Waals surface area contributed by atoms with Gasteiger partial charge in [-0.25, -0.2) is 4.52 Å². The monoisotopic (exact) mass is 234 g/mol. The molecule has 0 aliphatic heterocycles. The normalized spacial score (nSPS) is 12.6. The molecule has 1 amide bonds. The molecule has 0 saturated carbocycles. The Morgan fingerprint density at radius 3 is 3.12 bits per heavy atom. The van der Waals surface area contributed by atoms with E-state index in [2.05, 4.69) is 15.4 Å². The van der Waals surface area contributed by atoms with Crippen LogP contribution in [0.1, 0.15) is 23.7 Å². The second-order valence-corrected chi connectivity index (χ2v) is 3.73. The first-order valence-electron chi connectivity index (χ1n) is 5.45. The van der Waals surface area contributed by atoms with Crippen LogP contribution in [-0.4, -0.2) is 38.3 Å². The zero-order chi connectivity index (χ0) is 12.3. The van der Waals surface area contributed by atoms with E-state index in [0.29, 0.717) is 17.5 Å². The third kappa shape index (κ3) is 2.26. The standard InChI is InChI=1S/C11H14N4O2/c1-2-8(7-16)14-11(17)9-5-13-15-4-3-12-6-10(9)15/h3-6,8,16H,2,7H2,1H3,(H,14,17)/t8-/m1/s1. The Morgan fingerprint density at radius 2 is 2.41 bits per heavy atom. The molecule has 0 spiro atoms. The van der Waals surface area contributed by atoms with Gasteiger partial charge in [0, 0.05) is 12.4 Å². The van der Waals surface area contributed by atoms with Crippen molar-refractivity contribution in [3.63, 3.8) is 0 Å². The fourth-order valence-electron chi connectivity index (χ4n) is 1.55. The zero-order valence-corrected chi connectivity index (χ0v) is 9.50. The van der Waals surface area contributed by atoms with Crippen LogP contribution < -0.4 is 5.32 Å². The van der Waals surface area contributed by atoms with Gasteiger partial charge in [0.05, 0.1) is 36.1 Å². The average molecular weight is 234 g/mol. The number of rotatable bonds is 4. The molecule has 0 aliphatic rings. The quantitative estimate of drug-likeness (QED) is 0.793. The first-order chi connectivity index (χ1) is 8.26. The maximum atomic E-state index is 11.9. The Kier molecular flexibility index (Phi) is 3.34.